The van der Waals surface area contributed by atoms with Gasteiger partial charge in [-0.25, -0.2) is 4.98 Å². The van der Waals surface area contributed by atoms with E-state index in [2.05, 4.69) is 99.0 Å². The van der Waals surface area contributed by atoms with Crippen molar-refractivity contribution in [1.29, 1.82) is 0 Å². The smallest absolute Gasteiger partial charge is 0.216 e. The van der Waals surface area contributed by atoms with E-state index in [4.69, 9.17) is 8.53 Å². The topological polar surface area (TPSA) is 51.8 Å². The fraction of sp³-hybridized carbons (Fsp3) is 0.267. The molecule has 0 saturated carbocycles. The van der Waals surface area contributed by atoms with E-state index in [-0.39, 0.29) is 36.9 Å². The minimum atomic E-state index is -2.34. The maximum Gasteiger partial charge on any atom is 0.216 e. The Morgan fingerprint density at radius 3 is 2.22 bits per heavy atom. The van der Waals surface area contributed by atoms with Crippen molar-refractivity contribution < 1.29 is 31.4 Å². The van der Waals surface area contributed by atoms with Crippen molar-refractivity contribution in [1.82, 2.24) is 15.0 Å². The van der Waals surface area contributed by atoms with E-state index in [1.807, 2.05) is 44.3 Å². The number of rotatable bonds is 5. The van der Waals surface area contributed by atoms with Gasteiger partial charge in [-0.1, -0.05) is 100 Å². The molecule has 0 aliphatic carbocycles. The van der Waals surface area contributed by atoms with Gasteiger partial charge in [0.2, 0.25) is 5.71 Å². The molecule has 4 nitrogen and oxygen atoms in total. The van der Waals surface area contributed by atoms with Crippen LogP contribution in [0, 0.1) is 39.8 Å². The van der Waals surface area contributed by atoms with Crippen molar-refractivity contribution in [2.45, 2.75) is 79.4 Å². The van der Waals surface area contributed by atoms with E-state index in [0.29, 0.717) is 27.8 Å². The van der Waals surface area contributed by atoms with Crippen LogP contribution in [0.5, 0.6) is 0 Å². The maximum absolute atomic E-state index is 9.22. The third-order valence-corrected chi connectivity index (χ3v) is 8.86. The fourth-order valence-electron chi connectivity index (χ4n) is 5.71. The molecule has 0 fully saturated rings. The van der Waals surface area contributed by atoms with Crippen LogP contribution >= 0.6 is 0 Å². The quantitative estimate of drug-likeness (QED) is 0.162. The number of aryl methyl sites for hydroxylation is 4. The summed E-state index contributed by atoms with van der Waals surface area (Å²) in [6.45, 7) is 14.2. The predicted molar refractivity (Wildman–Crippen MR) is 203 cm³/mol. The van der Waals surface area contributed by atoms with Crippen molar-refractivity contribution in [3.05, 3.63) is 149 Å². The number of furan rings is 1. The van der Waals surface area contributed by atoms with Crippen LogP contribution in [0.1, 0.15) is 80.5 Å². The zero-order valence-electron chi connectivity index (χ0n) is 34.8. The van der Waals surface area contributed by atoms with E-state index >= 15 is 0 Å². The third kappa shape index (κ3) is 8.12. The molecule has 4 aromatic heterocycles. The maximum atomic E-state index is 9.22. The Morgan fingerprint density at radius 1 is 0.780 bits per heavy atom. The largest absolute Gasteiger partial charge is 0.486 e. The third-order valence-electron chi connectivity index (χ3n) is 8.86. The molecule has 50 heavy (non-hydrogen) atoms. The Kier molecular flexibility index (Phi) is 9.00. The van der Waals surface area contributed by atoms with Gasteiger partial charge in [0.1, 0.15) is 0 Å². The van der Waals surface area contributed by atoms with Crippen LogP contribution in [0.25, 0.3) is 44.6 Å². The van der Waals surface area contributed by atoms with Gasteiger partial charge < -0.3 is 14.4 Å². The molecule has 7 aromatic rings. The van der Waals surface area contributed by atoms with Crippen molar-refractivity contribution in [2.75, 3.05) is 0 Å². The monoisotopic (exact) mass is 841 g/mol. The fourth-order valence-corrected chi connectivity index (χ4v) is 5.71. The number of nitrogens with zero attached hydrogens (tertiary/aromatic N) is 3. The molecule has 0 amide bonds. The summed E-state index contributed by atoms with van der Waals surface area (Å²) in [5.41, 5.74) is 9.28. The van der Waals surface area contributed by atoms with Crippen LogP contribution in [-0.4, -0.2) is 15.0 Å². The summed E-state index contributed by atoms with van der Waals surface area (Å²) < 4.78 is 47.5. The summed E-state index contributed by atoms with van der Waals surface area (Å²) in [7, 11) is 0. The van der Waals surface area contributed by atoms with Gasteiger partial charge in [-0.3, -0.25) is 0 Å². The van der Waals surface area contributed by atoms with Gasteiger partial charge in [0, 0.05) is 50.4 Å². The van der Waals surface area contributed by atoms with E-state index in [1.54, 1.807) is 30.5 Å². The first kappa shape index (κ1) is 30.4. The normalized spacial score (nSPS) is 13.6. The number of pyridine rings is 3. The van der Waals surface area contributed by atoms with Gasteiger partial charge in [0.25, 0.3) is 0 Å². The molecule has 0 bridgehead atoms. The molecule has 0 saturated heterocycles. The molecule has 3 aromatic carbocycles. The van der Waals surface area contributed by atoms with Crippen LogP contribution in [0.4, 0.5) is 0 Å². The first-order valence-electron chi connectivity index (χ1n) is 19.0. The minimum absolute atomic E-state index is 0. The summed E-state index contributed by atoms with van der Waals surface area (Å²) in [5.74, 6) is 0. The molecule has 1 radical (unpaired) electrons. The van der Waals surface area contributed by atoms with Crippen LogP contribution in [0.3, 0.4) is 0 Å². The van der Waals surface area contributed by atoms with Crippen LogP contribution in [0.2, 0.25) is 0 Å². The van der Waals surface area contributed by atoms with Gasteiger partial charge in [0.05, 0.1) is 5.58 Å². The Hall–Kier alpha value is -4.44. The number of hydrogen-bond donors (Lipinski definition) is 0. The SMILES string of the molecule is Cc1c[c-]c(-c2cc(C)c(C)cn2)cc1.[2H]C([2H])([2H])c1ccc2c(n1)oc1c(-c3cc(C([2H])([2H])C(C)(C)c4ccc(C(C)(C)C)cc4)ccn3)[c-]ccc12.[Ir]. The van der Waals surface area contributed by atoms with Crippen LogP contribution < -0.4 is 0 Å². The first-order chi connectivity index (χ1) is 25.3. The zero-order valence-corrected chi connectivity index (χ0v) is 32.2. The predicted octanol–water partition coefficient (Wildman–Crippen LogP) is 11.4. The Bertz CT molecular complexity index is 2450. The van der Waals surface area contributed by atoms with Crippen LogP contribution in [0.15, 0.2) is 102 Å². The van der Waals surface area contributed by atoms with Gasteiger partial charge >= 0.3 is 0 Å². The number of benzene rings is 3. The van der Waals surface area contributed by atoms with Crippen molar-refractivity contribution in [3.63, 3.8) is 0 Å². The van der Waals surface area contributed by atoms with Gasteiger partial charge in [-0.15, -0.1) is 53.6 Å². The first-order valence-corrected chi connectivity index (χ1v) is 16.5. The number of hydrogen-bond acceptors (Lipinski definition) is 4. The molecule has 257 valence electrons. The number of fused-ring (bicyclic) bond motifs is 3. The van der Waals surface area contributed by atoms with Crippen molar-refractivity contribution in [3.8, 4) is 22.5 Å². The van der Waals surface area contributed by atoms with Crippen LogP contribution in [-0.2, 0) is 37.3 Å². The summed E-state index contributed by atoms with van der Waals surface area (Å²) in [6, 6.07) is 33.1. The molecule has 5 heteroatoms. The molecule has 0 N–H and O–H groups in total. The molecule has 0 spiro atoms. The van der Waals surface area contributed by atoms with E-state index in [9.17, 15) is 2.74 Å². The average molecular weight is 841 g/mol. The standard InChI is InChI=1S/C31H31N2O.C14H14N.Ir/c1-20-10-15-25-24-8-7-9-26(28(24)34-29(25)33-20)27-18-21(16-17-32-27)19-31(5,6)23-13-11-22(12-14-23)30(2,3)4;1-10-4-6-13(7-5-10)14-8-11(2)12(3)9-15-14;/h7-8,10-18H,19H2,1-6H3;4-6,8-9H,1-3H3;/q2*-1;/i1D3,19D2;;. The van der Waals surface area contributed by atoms with Crippen molar-refractivity contribution >= 4 is 22.1 Å². The second kappa shape index (κ2) is 14.8. The molecule has 0 atom stereocenters. The summed E-state index contributed by atoms with van der Waals surface area (Å²) >= 11 is 0. The second-order valence-electron chi connectivity index (χ2n) is 14.2. The Morgan fingerprint density at radius 2 is 1.54 bits per heavy atom. The Balaban J connectivity index is 0.000000304. The zero-order chi connectivity index (χ0) is 39.2. The van der Waals surface area contributed by atoms with Gasteiger partial charge in [0.15, 0.2) is 0 Å². The summed E-state index contributed by atoms with van der Waals surface area (Å²) in [6.07, 6.45) is 1.78. The van der Waals surface area contributed by atoms with Gasteiger partial charge in [-0.2, -0.15) is 0 Å². The Labute approximate surface area is 317 Å². The molecule has 0 aliphatic heterocycles. The molecule has 0 aliphatic rings. The molecular weight excluding hydrogens is 791 g/mol. The van der Waals surface area contributed by atoms with Gasteiger partial charge in [-0.05, 0) is 84.2 Å². The molecule has 7 rings (SSSR count). The summed E-state index contributed by atoms with van der Waals surface area (Å²) in [5, 5.41) is 1.46. The van der Waals surface area contributed by atoms with E-state index in [1.165, 1.54) is 28.3 Å². The second-order valence-corrected chi connectivity index (χ2v) is 14.2. The molecule has 4 heterocycles. The van der Waals surface area contributed by atoms with E-state index < -0.39 is 18.6 Å². The van der Waals surface area contributed by atoms with E-state index in [0.717, 1.165) is 22.2 Å². The minimum Gasteiger partial charge on any atom is -0.486 e. The number of aromatic nitrogens is 3. The van der Waals surface area contributed by atoms with Crippen molar-refractivity contribution in [2.24, 2.45) is 0 Å². The molecular formula is C45H45IrN3O-2. The molecule has 0 unspecified atom stereocenters. The average Bonchev–Trinajstić information content (AvgIpc) is 3.51. The summed E-state index contributed by atoms with van der Waals surface area (Å²) in [4.78, 5) is 13.2.